The number of rotatable bonds is 8. The van der Waals surface area contributed by atoms with Crippen molar-refractivity contribution in [3.05, 3.63) is 72.1 Å². The van der Waals surface area contributed by atoms with Crippen molar-refractivity contribution < 1.29 is 13.9 Å². The van der Waals surface area contributed by atoms with Crippen molar-refractivity contribution in [2.45, 2.75) is 25.5 Å². The van der Waals surface area contributed by atoms with Crippen molar-refractivity contribution in [2.24, 2.45) is 0 Å². The summed E-state index contributed by atoms with van der Waals surface area (Å²) >= 11 is 0. The van der Waals surface area contributed by atoms with Crippen LogP contribution in [0.5, 0.6) is 0 Å². The molecule has 4 rings (SSSR count). The van der Waals surface area contributed by atoms with Gasteiger partial charge in [-0.3, -0.25) is 9.69 Å². The lowest BCUT2D eigenvalue weighted by Crippen LogP contribution is -2.47. The van der Waals surface area contributed by atoms with Gasteiger partial charge >= 0.3 is 0 Å². The molecule has 1 saturated heterocycles. The number of benzene rings is 2. The number of aromatic nitrogens is 2. The lowest BCUT2D eigenvalue weighted by Gasteiger charge is -2.33. The number of hydrogen-bond acceptors (Lipinski definition) is 6. The second-order valence-electron chi connectivity index (χ2n) is 7.38. The van der Waals surface area contributed by atoms with Crippen LogP contribution < -0.4 is 5.32 Å². The van der Waals surface area contributed by atoms with E-state index in [1.54, 1.807) is 0 Å². The Labute approximate surface area is 176 Å². The van der Waals surface area contributed by atoms with E-state index in [2.05, 4.69) is 44.7 Å². The lowest BCUT2D eigenvalue weighted by molar-refractivity contribution is -0.122. The number of amides is 1. The van der Waals surface area contributed by atoms with Gasteiger partial charge in [-0.25, -0.2) is 0 Å². The van der Waals surface area contributed by atoms with Crippen LogP contribution in [0.1, 0.15) is 17.9 Å². The number of carbonyl (C=O) groups is 1. The maximum Gasteiger partial charge on any atom is 0.247 e. The molecule has 1 fully saturated rings. The number of carbonyl (C=O) groups excluding carboxylic acids is 1. The molecular weight excluding hydrogens is 380 g/mol. The molecule has 30 heavy (non-hydrogen) atoms. The number of ether oxygens (including phenoxy) is 1. The van der Waals surface area contributed by atoms with E-state index in [-0.39, 0.29) is 12.0 Å². The molecule has 0 spiro atoms. The monoisotopic (exact) mass is 406 g/mol. The molecule has 1 atom stereocenters. The zero-order valence-corrected chi connectivity index (χ0v) is 16.9. The third-order valence-electron chi connectivity index (χ3n) is 5.05. The molecule has 1 aliphatic heterocycles. The van der Waals surface area contributed by atoms with Gasteiger partial charge < -0.3 is 14.5 Å². The average molecular weight is 406 g/mol. The maximum atomic E-state index is 12.2. The zero-order chi connectivity index (χ0) is 20.6. The summed E-state index contributed by atoms with van der Waals surface area (Å²) in [5.74, 6) is 0.894. The third kappa shape index (κ3) is 5.75. The average Bonchev–Trinajstić information content (AvgIpc) is 3.27. The van der Waals surface area contributed by atoms with Crippen LogP contribution in [0, 0.1) is 0 Å². The zero-order valence-electron chi connectivity index (χ0n) is 16.9. The predicted octanol–water partition coefficient (Wildman–Crippen LogP) is 2.69. The lowest BCUT2D eigenvalue weighted by atomic mass is 10.2. The van der Waals surface area contributed by atoms with Crippen LogP contribution >= 0.6 is 0 Å². The Balaban J connectivity index is 1.19. The minimum Gasteiger partial charge on any atom is -0.421 e. The Kier molecular flexibility index (Phi) is 6.84. The maximum absolute atomic E-state index is 12.2. The summed E-state index contributed by atoms with van der Waals surface area (Å²) in [7, 11) is 0. The van der Waals surface area contributed by atoms with E-state index in [1.807, 2.05) is 36.4 Å². The number of nitrogens with zero attached hydrogens (tertiary/aromatic N) is 3. The Morgan fingerprint density at radius 2 is 1.83 bits per heavy atom. The van der Waals surface area contributed by atoms with Crippen molar-refractivity contribution in [3.63, 3.8) is 0 Å². The second-order valence-corrected chi connectivity index (χ2v) is 7.38. The number of nitrogens with one attached hydrogen (secondary N) is 1. The summed E-state index contributed by atoms with van der Waals surface area (Å²) in [5.41, 5.74) is 2.16. The van der Waals surface area contributed by atoms with E-state index in [9.17, 15) is 4.79 Å². The van der Waals surface area contributed by atoms with E-state index in [1.165, 1.54) is 5.56 Å². The van der Waals surface area contributed by atoms with Crippen LogP contribution in [0.3, 0.4) is 0 Å². The van der Waals surface area contributed by atoms with Gasteiger partial charge in [0.1, 0.15) is 0 Å². The van der Waals surface area contributed by atoms with Gasteiger partial charge in [0, 0.05) is 44.6 Å². The van der Waals surface area contributed by atoms with Gasteiger partial charge in [0.15, 0.2) is 0 Å². The molecule has 1 aromatic heterocycles. The summed E-state index contributed by atoms with van der Waals surface area (Å²) in [4.78, 5) is 14.6. The minimum atomic E-state index is -0.0433. The molecule has 0 saturated carbocycles. The van der Waals surface area contributed by atoms with Crippen LogP contribution in [-0.4, -0.2) is 53.3 Å². The fourth-order valence-electron chi connectivity index (χ4n) is 3.48. The van der Waals surface area contributed by atoms with Gasteiger partial charge in [0.2, 0.25) is 17.7 Å². The number of morpholine rings is 1. The van der Waals surface area contributed by atoms with Crippen LogP contribution in [-0.2, 0) is 22.5 Å². The molecule has 1 unspecified atom stereocenters. The predicted molar refractivity (Wildman–Crippen MR) is 113 cm³/mol. The highest BCUT2D eigenvalue weighted by molar-refractivity contribution is 5.76. The normalized spacial score (nSPS) is 17.0. The molecule has 7 nitrogen and oxygen atoms in total. The molecule has 2 heterocycles. The largest absolute Gasteiger partial charge is 0.421 e. The van der Waals surface area contributed by atoms with E-state index in [0.29, 0.717) is 37.8 Å². The van der Waals surface area contributed by atoms with E-state index in [4.69, 9.17) is 9.15 Å². The van der Waals surface area contributed by atoms with Gasteiger partial charge in [0.05, 0.1) is 12.7 Å². The molecule has 156 valence electrons. The molecule has 3 aromatic rings. The highest BCUT2D eigenvalue weighted by Crippen LogP contribution is 2.17. The Morgan fingerprint density at radius 3 is 2.63 bits per heavy atom. The van der Waals surface area contributed by atoms with Gasteiger partial charge in [-0.2, -0.15) is 0 Å². The minimum absolute atomic E-state index is 0.000463. The SMILES string of the molecule is O=C(CCc1nnc(-c2ccccc2)o1)NCC1CN(Cc2ccccc2)CCO1. The van der Waals surface area contributed by atoms with Gasteiger partial charge in [-0.05, 0) is 17.7 Å². The highest BCUT2D eigenvalue weighted by atomic mass is 16.5. The molecule has 1 amide bonds. The summed E-state index contributed by atoms with van der Waals surface area (Å²) < 4.78 is 11.5. The smallest absolute Gasteiger partial charge is 0.247 e. The first-order valence-electron chi connectivity index (χ1n) is 10.3. The Bertz CT molecular complexity index is 930. The summed E-state index contributed by atoms with van der Waals surface area (Å²) in [5, 5.41) is 11.1. The van der Waals surface area contributed by atoms with Crippen LogP contribution in [0.15, 0.2) is 65.1 Å². The first-order chi connectivity index (χ1) is 14.8. The van der Waals surface area contributed by atoms with Crippen LogP contribution in [0.2, 0.25) is 0 Å². The van der Waals surface area contributed by atoms with Crippen molar-refractivity contribution >= 4 is 5.91 Å². The summed E-state index contributed by atoms with van der Waals surface area (Å²) in [6.45, 7) is 3.79. The van der Waals surface area contributed by atoms with E-state index in [0.717, 1.165) is 25.2 Å². The summed E-state index contributed by atoms with van der Waals surface area (Å²) in [6.07, 6.45) is 0.716. The molecule has 1 N–H and O–H groups in total. The van der Waals surface area contributed by atoms with Crippen molar-refractivity contribution in [1.29, 1.82) is 0 Å². The fraction of sp³-hybridized carbons (Fsp3) is 0.348. The molecule has 0 radical (unpaired) electrons. The van der Waals surface area contributed by atoms with Gasteiger partial charge in [-0.15, -0.1) is 10.2 Å². The molecule has 2 aromatic carbocycles. The van der Waals surface area contributed by atoms with Crippen LogP contribution in [0.25, 0.3) is 11.5 Å². The quantitative estimate of drug-likeness (QED) is 0.620. The van der Waals surface area contributed by atoms with Crippen molar-refractivity contribution in [2.75, 3.05) is 26.2 Å². The van der Waals surface area contributed by atoms with Gasteiger partial charge in [-0.1, -0.05) is 48.5 Å². The molecule has 0 bridgehead atoms. The molecule has 0 aliphatic carbocycles. The van der Waals surface area contributed by atoms with Crippen molar-refractivity contribution in [3.8, 4) is 11.5 Å². The first kappa shape index (κ1) is 20.3. The fourth-order valence-corrected chi connectivity index (χ4v) is 3.48. The molecular formula is C23H26N4O3. The van der Waals surface area contributed by atoms with E-state index >= 15 is 0 Å². The number of hydrogen-bond donors (Lipinski definition) is 1. The molecule has 1 aliphatic rings. The van der Waals surface area contributed by atoms with E-state index < -0.39 is 0 Å². The first-order valence-corrected chi connectivity index (χ1v) is 10.3. The second kappa shape index (κ2) is 10.1. The summed E-state index contributed by atoms with van der Waals surface area (Å²) in [6, 6.07) is 20.0. The van der Waals surface area contributed by atoms with Crippen molar-refractivity contribution in [1.82, 2.24) is 20.4 Å². The number of aryl methyl sites for hydroxylation is 1. The topological polar surface area (TPSA) is 80.5 Å². The van der Waals surface area contributed by atoms with Gasteiger partial charge in [0.25, 0.3) is 0 Å². The highest BCUT2D eigenvalue weighted by Gasteiger charge is 2.21. The third-order valence-corrected chi connectivity index (χ3v) is 5.05. The standard InChI is InChI=1S/C23H26N4O3/c28-21(11-12-22-25-26-23(30-22)19-9-5-2-6-10-19)24-15-20-17-27(13-14-29-20)16-18-7-3-1-4-8-18/h1-10,20H,11-17H2,(H,24,28). The van der Waals surface area contributed by atoms with Crippen LogP contribution in [0.4, 0.5) is 0 Å². The Hall–Kier alpha value is -3.03. The Morgan fingerprint density at radius 1 is 1.07 bits per heavy atom. The molecule has 7 heteroatoms.